The SMILES string of the molecule is Cc1cc(C)cc(NC(=O)C2CCC(=O)N2)c1. The molecule has 0 aliphatic carbocycles. The molecule has 1 aliphatic rings. The predicted molar refractivity (Wildman–Crippen MR) is 65.7 cm³/mol. The third kappa shape index (κ3) is 2.84. The van der Waals surface area contributed by atoms with Crippen molar-refractivity contribution in [2.75, 3.05) is 5.32 Å². The summed E-state index contributed by atoms with van der Waals surface area (Å²) in [6.07, 6.45) is 1.01. The van der Waals surface area contributed by atoms with Crippen LogP contribution in [0, 0.1) is 13.8 Å². The summed E-state index contributed by atoms with van der Waals surface area (Å²) in [6, 6.07) is 5.50. The third-order valence-electron chi connectivity index (χ3n) is 2.80. The molecule has 2 amide bonds. The number of hydrogen-bond donors (Lipinski definition) is 2. The molecule has 2 N–H and O–H groups in total. The Bertz CT molecular complexity index is 448. The molecular weight excluding hydrogens is 216 g/mol. The number of carbonyl (C=O) groups excluding carboxylic acids is 2. The molecule has 0 spiro atoms. The second-order valence-corrected chi connectivity index (χ2v) is 4.52. The highest BCUT2D eigenvalue weighted by Crippen LogP contribution is 2.15. The predicted octanol–water partition coefficient (Wildman–Crippen LogP) is 1.52. The molecule has 0 bridgehead atoms. The lowest BCUT2D eigenvalue weighted by Gasteiger charge is -2.12. The van der Waals surface area contributed by atoms with Gasteiger partial charge in [-0.25, -0.2) is 0 Å². The summed E-state index contributed by atoms with van der Waals surface area (Å²) in [5.74, 6) is -0.188. The number of rotatable bonds is 2. The van der Waals surface area contributed by atoms with Gasteiger partial charge >= 0.3 is 0 Å². The van der Waals surface area contributed by atoms with E-state index in [1.165, 1.54) is 0 Å². The highest BCUT2D eigenvalue weighted by Gasteiger charge is 2.27. The second-order valence-electron chi connectivity index (χ2n) is 4.52. The van der Waals surface area contributed by atoms with E-state index in [-0.39, 0.29) is 17.9 Å². The van der Waals surface area contributed by atoms with Gasteiger partial charge in [-0.05, 0) is 43.5 Å². The van der Waals surface area contributed by atoms with Gasteiger partial charge in [-0.2, -0.15) is 0 Å². The van der Waals surface area contributed by atoms with Gasteiger partial charge < -0.3 is 10.6 Å². The molecule has 0 saturated carbocycles. The van der Waals surface area contributed by atoms with Crippen molar-refractivity contribution in [2.45, 2.75) is 32.7 Å². The number of aryl methyl sites for hydroxylation is 2. The van der Waals surface area contributed by atoms with Crippen LogP contribution in [0.4, 0.5) is 5.69 Å². The molecule has 1 saturated heterocycles. The van der Waals surface area contributed by atoms with Crippen molar-refractivity contribution in [3.05, 3.63) is 29.3 Å². The molecule has 1 unspecified atom stereocenters. The molecule has 1 aliphatic heterocycles. The molecule has 1 aromatic rings. The molecule has 2 rings (SSSR count). The zero-order valence-electron chi connectivity index (χ0n) is 10.0. The van der Waals surface area contributed by atoms with E-state index in [0.717, 1.165) is 16.8 Å². The van der Waals surface area contributed by atoms with Crippen molar-refractivity contribution in [1.29, 1.82) is 0 Å². The molecule has 1 fully saturated rings. The summed E-state index contributed by atoms with van der Waals surface area (Å²) in [6.45, 7) is 3.97. The molecule has 0 radical (unpaired) electrons. The van der Waals surface area contributed by atoms with Gasteiger partial charge in [0.1, 0.15) is 6.04 Å². The summed E-state index contributed by atoms with van der Waals surface area (Å²) < 4.78 is 0. The van der Waals surface area contributed by atoms with Crippen LogP contribution < -0.4 is 10.6 Å². The maximum absolute atomic E-state index is 11.9. The van der Waals surface area contributed by atoms with Gasteiger partial charge in [0.25, 0.3) is 0 Å². The fourth-order valence-electron chi connectivity index (χ4n) is 2.09. The van der Waals surface area contributed by atoms with Gasteiger partial charge in [0.2, 0.25) is 11.8 Å². The topological polar surface area (TPSA) is 58.2 Å². The van der Waals surface area contributed by atoms with Crippen molar-refractivity contribution in [2.24, 2.45) is 0 Å². The molecule has 1 aromatic carbocycles. The zero-order valence-corrected chi connectivity index (χ0v) is 10.0. The standard InChI is InChI=1S/C13H16N2O2/c1-8-5-9(2)7-10(6-8)14-13(17)11-3-4-12(16)15-11/h5-7,11H,3-4H2,1-2H3,(H,14,17)(H,15,16). The highest BCUT2D eigenvalue weighted by atomic mass is 16.2. The average molecular weight is 232 g/mol. The molecule has 4 nitrogen and oxygen atoms in total. The summed E-state index contributed by atoms with van der Waals surface area (Å²) >= 11 is 0. The molecule has 1 atom stereocenters. The van der Waals surface area contributed by atoms with Gasteiger partial charge in [-0.1, -0.05) is 6.07 Å². The van der Waals surface area contributed by atoms with E-state index >= 15 is 0 Å². The number of amides is 2. The number of carbonyl (C=O) groups is 2. The Kier molecular flexibility index (Phi) is 3.13. The van der Waals surface area contributed by atoms with Gasteiger partial charge in [-0.15, -0.1) is 0 Å². The monoisotopic (exact) mass is 232 g/mol. The first-order valence-electron chi connectivity index (χ1n) is 5.73. The third-order valence-corrected chi connectivity index (χ3v) is 2.80. The fourth-order valence-corrected chi connectivity index (χ4v) is 2.09. The fraction of sp³-hybridized carbons (Fsp3) is 0.385. The smallest absolute Gasteiger partial charge is 0.246 e. The van der Waals surface area contributed by atoms with E-state index in [9.17, 15) is 9.59 Å². The quantitative estimate of drug-likeness (QED) is 0.812. The molecule has 4 heteroatoms. The minimum Gasteiger partial charge on any atom is -0.344 e. The molecular formula is C13H16N2O2. The summed E-state index contributed by atoms with van der Waals surface area (Å²) in [5.41, 5.74) is 3.00. The van der Waals surface area contributed by atoms with Crippen LogP contribution in [0.5, 0.6) is 0 Å². The normalized spacial score (nSPS) is 18.9. The summed E-state index contributed by atoms with van der Waals surface area (Å²) in [4.78, 5) is 22.9. The Morgan fingerprint density at radius 2 is 1.94 bits per heavy atom. The van der Waals surface area contributed by atoms with Crippen LogP contribution in [0.15, 0.2) is 18.2 Å². The van der Waals surface area contributed by atoms with E-state index in [2.05, 4.69) is 10.6 Å². The van der Waals surface area contributed by atoms with Crippen molar-refractivity contribution in [3.63, 3.8) is 0 Å². The van der Waals surface area contributed by atoms with E-state index in [1.54, 1.807) is 0 Å². The van der Waals surface area contributed by atoms with Crippen molar-refractivity contribution < 1.29 is 9.59 Å². The van der Waals surface area contributed by atoms with Gasteiger partial charge in [0.05, 0.1) is 0 Å². The molecule has 90 valence electrons. The van der Waals surface area contributed by atoms with E-state index in [1.807, 2.05) is 32.0 Å². The molecule has 1 heterocycles. The highest BCUT2D eigenvalue weighted by molar-refractivity contribution is 5.99. The van der Waals surface area contributed by atoms with Crippen LogP contribution in [-0.2, 0) is 9.59 Å². The van der Waals surface area contributed by atoms with Gasteiger partial charge in [0, 0.05) is 12.1 Å². The zero-order chi connectivity index (χ0) is 12.4. The maximum atomic E-state index is 11.9. The van der Waals surface area contributed by atoms with Gasteiger partial charge in [-0.3, -0.25) is 9.59 Å². The van der Waals surface area contributed by atoms with Gasteiger partial charge in [0.15, 0.2) is 0 Å². The Balaban J connectivity index is 2.05. The second kappa shape index (κ2) is 4.57. The first-order valence-corrected chi connectivity index (χ1v) is 5.73. The number of benzene rings is 1. The first-order chi connectivity index (χ1) is 8.04. The molecule has 0 aromatic heterocycles. The Hall–Kier alpha value is -1.84. The lowest BCUT2D eigenvalue weighted by atomic mass is 10.1. The minimum atomic E-state index is -0.386. The van der Waals surface area contributed by atoms with E-state index < -0.39 is 0 Å². The Morgan fingerprint density at radius 3 is 2.47 bits per heavy atom. The van der Waals surface area contributed by atoms with E-state index in [4.69, 9.17) is 0 Å². The van der Waals surface area contributed by atoms with E-state index in [0.29, 0.717) is 12.8 Å². The van der Waals surface area contributed by atoms with Crippen LogP contribution in [0.1, 0.15) is 24.0 Å². The molecule has 17 heavy (non-hydrogen) atoms. The van der Waals surface area contributed by atoms with Crippen molar-refractivity contribution in [1.82, 2.24) is 5.32 Å². The van der Waals surface area contributed by atoms with Crippen LogP contribution in [-0.4, -0.2) is 17.9 Å². The number of nitrogens with one attached hydrogen (secondary N) is 2. The number of hydrogen-bond acceptors (Lipinski definition) is 2. The van der Waals surface area contributed by atoms with Crippen LogP contribution in [0.3, 0.4) is 0 Å². The van der Waals surface area contributed by atoms with Crippen LogP contribution >= 0.6 is 0 Å². The van der Waals surface area contributed by atoms with Crippen molar-refractivity contribution in [3.8, 4) is 0 Å². The Morgan fingerprint density at radius 1 is 1.29 bits per heavy atom. The van der Waals surface area contributed by atoms with Crippen LogP contribution in [0.25, 0.3) is 0 Å². The maximum Gasteiger partial charge on any atom is 0.246 e. The first kappa shape index (κ1) is 11.6. The lowest BCUT2D eigenvalue weighted by molar-refractivity contribution is -0.122. The number of anilines is 1. The minimum absolute atomic E-state index is 0.0504. The van der Waals surface area contributed by atoms with Crippen LogP contribution in [0.2, 0.25) is 0 Å². The summed E-state index contributed by atoms with van der Waals surface area (Å²) in [5, 5.41) is 5.48. The lowest BCUT2D eigenvalue weighted by Crippen LogP contribution is -2.37. The summed E-state index contributed by atoms with van der Waals surface area (Å²) in [7, 11) is 0. The average Bonchev–Trinajstić information content (AvgIpc) is 2.63. The van der Waals surface area contributed by atoms with Crippen molar-refractivity contribution >= 4 is 17.5 Å². The largest absolute Gasteiger partial charge is 0.344 e. The Labute approximate surface area is 100 Å².